The second kappa shape index (κ2) is 6.21. The van der Waals surface area contributed by atoms with Crippen molar-refractivity contribution in [2.75, 3.05) is 5.32 Å². The minimum Gasteiger partial charge on any atom is -0.332 e. The number of nitrogens with one attached hydrogen (secondary N) is 2. The van der Waals surface area contributed by atoms with E-state index < -0.39 is 17.5 Å². The molecule has 102 valence electrons. The van der Waals surface area contributed by atoms with Crippen LogP contribution < -0.4 is 10.6 Å². The molecule has 0 saturated heterocycles. The Labute approximate surface area is 119 Å². The standard InChI is InChI=1S/C14H10F2N2OS/c15-10-6-4-9(5-7-10)13(19)18-14(20)17-12-3-1-2-11(16)8-12/h1-8H,(H2,17,18,19,20). The molecule has 0 bridgehead atoms. The number of benzene rings is 2. The Balaban J connectivity index is 1.97. The predicted molar refractivity (Wildman–Crippen MR) is 76.5 cm³/mol. The number of halogens is 2. The molecule has 20 heavy (non-hydrogen) atoms. The average Bonchev–Trinajstić information content (AvgIpc) is 2.39. The lowest BCUT2D eigenvalue weighted by molar-refractivity contribution is 0.0977. The van der Waals surface area contributed by atoms with Gasteiger partial charge in [-0.05, 0) is 54.7 Å². The van der Waals surface area contributed by atoms with Gasteiger partial charge in [-0.1, -0.05) is 6.07 Å². The molecule has 1 amide bonds. The van der Waals surface area contributed by atoms with E-state index in [1.165, 1.54) is 42.5 Å². The van der Waals surface area contributed by atoms with E-state index in [1.807, 2.05) is 0 Å². The lowest BCUT2D eigenvalue weighted by Gasteiger charge is -2.09. The van der Waals surface area contributed by atoms with E-state index in [2.05, 4.69) is 10.6 Å². The number of anilines is 1. The van der Waals surface area contributed by atoms with Gasteiger partial charge in [0, 0.05) is 11.3 Å². The molecule has 2 aromatic rings. The highest BCUT2D eigenvalue weighted by Crippen LogP contribution is 2.09. The van der Waals surface area contributed by atoms with E-state index in [1.54, 1.807) is 6.07 Å². The zero-order chi connectivity index (χ0) is 14.5. The first-order chi connectivity index (χ1) is 9.54. The number of rotatable bonds is 2. The van der Waals surface area contributed by atoms with Crippen LogP contribution in [0, 0.1) is 11.6 Å². The largest absolute Gasteiger partial charge is 0.332 e. The van der Waals surface area contributed by atoms with Crippen molar-refractivity contribution in [3.05, 3.63) is 65.7 Å². The summed E-state index contributed by atoms with van der Waals surface area (Å²) < 4.78 is 25.7. The number of carbonyl (C=O) groups excluding carboxylic acids is 1. The zero-order valence-corrected chi connectivity index (χ0v) is 11.0. The quantitative estimate of drug-likeness (QED) is 0.836. The SMILES string of the molecule is O=C(NC(=S)Nc1cccc(F)c1)c1ccc(F)cc1. The monoisotopic (exact) mass is 292 g/mol. The van der Waals surface area contributed by atoms with Crippen molar-refractivity contribution in [1.29, 1.82) is 0 Å². The molecule has 0 saturated carbocycles. The van der Waals surface area contributed by atoms with E-state index in [9.17, 15) is 13.6 Å². The molecule has 0 unspecified atom stereocenters. The summed E-state index contributed by atoms with van der Waals surface area (Å²) in [6.07, 6.45) is 0. The molecule has 0 aliphatic carbocycles. The Hall–Kier alpha value is -2.34. The molecule has 2 rings (SSSR count). The molecule has 0 atom stereocenters. The fourth-order valence-electron chi connectivity index (χ4n) is 1.51. The van der Waals surface area contributed by atoms with Crippen molar-refractivity contribution in [3.8, 4) is 0 Å². The van der Waals surface area contributed by atoms with Crippen LogP contribution in [0.3, 0.4) is 0 Å². The minimum atomic E-state index is -0.473. The summed E-state index contributed by atoms with van der Waals surface area (Å²) >= 11 is 4.94. The van der Waals surface area contributed by atoms with Crippen LogP contribution in [0.25, 0.3) is 0 Å². The summed E-state index contributed by atoms with van der Waals surface area (Å²) in [7, 11) is 0. The summed E-state index contributed by atoms with van der Waals surface area (Å²) in [4.78, 5) is 11.8. The van der Waals surface area contributed by atoms with Crippen LogP contribution in [0.2, 0.25) is 0 Å². The van der Waals surface area contributed by atoms with Gasteiger partial charge in [-0.15, -0.1) is 0 Å². The molecule has 0 aliphatic heterocycles. The van der Waals surface area contributed by atoms with Gasteiger partial charge < -0.3 is 5.32 Å². The van der Waals surface area contributed by atoms with Crippen LogP contribution in [0.5, 0.6) is 0 Å². The summed E-state index contributed by atoms with van der Waals surface area (Å²) in [5.41, 5.74) is 0.698. The Bertz CT molecular complexity index is 644. The maximum Gasteiger partial charge on any atom is 0.257 e. The van der Waals surface area contributed by atoms with Gasteiger partial charge in [-0.3, -0.25) is 10.1 Å². The van der Waals surface area contributed by atoms with E-state index in [-0.39, 0.29) is 10.7 Å². The van der Waals surface area contributed by atoms with E-state index in [0.29, 0.717) is 5.69 Å². The van der Waals surface area contributed by atoms with Crippen LogP contribution in [-0.4, -0.2) is 11.0 Å². The van der Waals surface area contributed by atoms with Gasteiger partial charge in [0.2, 0.25) is 0 Å². The number of carbonyl (C=O) groups is 1. The highest BCUT2D eigenvalue weighted by molar-refractivity contribution is 7.80. The van der Waals surface area contributed by atoms with E-state index in [4.69, 9.17) is 12.2 Å². The van der Waals surface area contributed by atoms with Crippen LogP contribution in [-0.2, 0) is 0 Å². The van der Waals surface area contributed by atoms with Crippen molar-refractivity contribution in [3.63, 3.8) is 0 Å². The maximum atomic E-state index is 13.0. The summed E-state index contributed by atoms with van der Waals surface area (Å²) in [6, 6.07) is 10.7. The Morgan fingerprint density at radius 3 is 2.35 bits per heavy atom. The van der Waals surface area contributed by atoms with Crippen molar-refractivity contribution in [1.82, 2.24) is 5.32 Å². The summed E-state index contributed by atoms with van der Waals surface area (Å²) in [6.45, 7) is 0. The number of thiocarbonyl (C=S) groups is 1. The number of hydrogen-bond donors (Lipinski definition) is 2. The van der Waals surface area contributed by atoms with Crippen LogP contribution in [0.15, 0.2) is 48.5 Å². The highest BCUT2D eigenvalue weighted by Gasteiger charge is 2.08. The molecule has 0 spiro atoms. The molecule has 0 heterocycles. The van der Waals surface area contributed by atoms with Gasteiger partial charge in [0.15, 0.2) is 5.11 Å². The second-order valence-corrected chi connectivity index (χ2v) is 4.33. The fourth-order valence-corrected chi connectivity index (χ4v) is 1.72. The molecule has 2 aromatic carbocycles. The Morgan fingerprint density at radius 1 is 1.00 bits per heavy atom. The lowest BCUT2D eigenvalue weighted by Crippen LogP contribution is -2.34. The summed E-state index contributed by atoms with van der Waals surface area (Å²) in [5, 5.41) is 5.13. The third-order valence-corrected chi connectivity index (χ3v) is 2.62. The molecular formula is C14H10F2N2OS. The fraction of sp³-hybridized carbons (Fsp3) is 0. The van der Waals surface area contributed by atoms with Gasteiger partial charge in [-0.2, -0.15) is 0 Å². The van der Waals surface area contributed by atoms with Crippen LogP contribution in [0.1, 0.15) is 10.4 Å². The molecule has 0 aromatic heterocycles. The van der Waals surface area contributed by atoms with Crippen molar-refractivity contribution in [2.24, 2.45) is 0 Å². The second-order valence-electron chi connectivity index (χ2n) is 3.93. The molecule has 0 aliphatic rings. The van der Waals surface area contributed by atoms with Gasteiger partial charge in [0.1, 0.15) is 11.6 Å². The van der Waals surface area contributed by atoms with Crippen molar-refractivity contribution < 1.29 is 13.6 Å². The number of hydrogen-bond acceptors (Lipinski definition) is 2. The van der Waals surface area contributed by atoms with Crippen LogP contribution in [0.4, 0.5) is 14.5 Å². The molecular weight excluding hydrogens is 282 g/mol. The third-order valence-electron chi connectivity index (χ3n) is 2.42. The minimum absolute atomic E-state index is 0.0323. The predicted octanol–water partition coefficient (Wildman–Crippen LogP) is 3.09. The van der Waals surface area contributed by atoms with E-state index >= 15 is 0 Å². The smallest absolute Gasteiger partial charge is 0.257 e. The number of amides is 1. The zero-order valence-electron chi connectivity index (χ0n) is 10.2. The van der Waals surface area contributed by atoms with Gasteiger partial charge in [0.05, 0.1) is 0 Å². The molecule has 0 radical (unpaired) electrons. The molecule has 2 N–H and O–H groups in total. The summed E-state index contributed by atoms with van der Waals surface area (Å²) in [5.74, 6) is -1.32. The van der Waals surface area contributed by atoms with Gasteiger partial charge in [0.25, 0.3) is 5.91 Å². The van der Waals surface area contributed by atoms with Crippen molar-refractivity contribution >= 4 is 28.9 Å². The molecule has 3 nitrogen and oxygen atoms in total. The lowest BCUT2D eigenvalue weighted by atomic mass is 10.2. The Morgan fingerprint density at radius 2 is 1.70 bits per heavy atom. The first-order valence-electron chi connectivity index (χ1n) is 5.68. The first kappa shape index (κ1) is 14.1. The molecule has 0 fully saturated rings. The first-order valence-corrected chi connectivity index (χ1v) is 6.09. The average molecular weight is 292 g/mol. The van der Waals surface area contributed by atoms with Gasteiger partial charge >= 0.3 is 0 Å². The highest BCUT2D eigenvalue weighted by atomic mass is 32.1. The van der Waals surface area contributed by atoms with Crippen molar-refractivity contribution in [2.45, 2.75) is 0 Å². The maximum absolute atomic E-state index is 13.0. The third kappa shape index (κ3) is 3.83. The molecule has 6 heteroatoms. The topological polar surface area (TPSA) is 41.1 Å². The Kier molecular flexibility index (Phi) is 4.37. The van der Waals surface area contributed by atoms with Crippen LogP contribution >= 0.6 is 12.2 Å². The normalized spacial score (nSPS) is 9.90. The van der Waals surface area contributed by atoms with E-state index in [0.717, 1.165) is 0 Å². The van der Waals surface area contributed by atoms with Gasteiger partial charge in [-0.25, -0.2) is 8.78 Å².